The largest absolute Gasteiger partial charge is 0.346 e. The Bertz CT molecular complexity index is 145. The van der Waals surface area contributed by atoms with Crippen molar-refractivity contribution in [3.8, 4) is 0 Å². The van der Waals surface area contributed by atoms with Crippen molar-refractivity contribution in [3.05, 3.63) is 0 Å². The van der Waals surface area contributed by atoms with Crippen molar-refractivity contribution in [3.63, 3.8) is 0 Å². The van der Waals surface area contributed by atoms with Gasteiger partial charge in [0, 0.05) is 20.0 Å². The minimum Gasteiger partial charge on any atom is -0.346 e. The Hall–Kier alpha value is -0.530. The molecule has 0 spiro atoms. The molecule has 0 saturated heterocycles. The summed E-state index contributed by atoms with van der Waals surface area (Å²) in [6.07, 6.45) is 7.77. The Morgan fingerprint density at radius 3 is 2.21 bits per heavy atom. The molecule has 0 rings (SSSR count). The zero-order valence-electron chi connectivity index (χ0n) is 10.0. The Kier molecular flexibility index (Phi) is 8.70. The third-order valence-corrected chi connectivity index (χ3v) is 2.52. The number of rotatable bonds is 8. The molecule has 0 aliphatic heterocycles. The first-order valence-electron chi connectivity index (χ1n) is 5.96. The molecule has 0 aromatic heterocycles. The second kappa shape index (κ2) is 9.04. The zero-order valence-corrected chi connectivity index (χ0v) is 10.0. The smallest absolute Gasteiger partial charge is 0.222 e. The fraction of sp³-hybridized carbons (Fsp3) is 0.917. The maximum atomic E-state index is 11.5. The molecule has 14 heavy (non-hydrogen) atoms. The molecule has 0 aromatic rings. The van der Waals surface area contributed by atoms with Crippen LogP contribution in [-0.2, 0) is 4.79 Å². The average Bonchev–Trinajstić information content (AvgIpc) is 2.20. The van der Waals surface area contributed by atoms with Gasteiger partial charge in [-0.25, -0.2) is 0 Å². The predicted octanol–water partition coefficient (Wildman–Crippen LogP) is 3.22. The number of unbranched alkanes of at least 4 members (excludes halogenated alkanes) is 4. The quantitative estimate of drug-likeness (QED) is 0.550. The van der Waals surface area contributed by atoms with Crippen LogP contribution in [0.4, 0.5) is 0 Å². The lowest BCUT2D eigenvalue weighted by Gasteiger charge is -2.16. The molecule has 2 nitrogen and oxygen atoms in total. The molecule has 0 aromatic carbocycles. The summed E-state index contributed by atoms with van der Waals surface area (Å²) in [7, 11) is 1.91. The Morgan fingerprint density at radius 2 is 1.64 bits per heavy atom. The molecular formula is C12H25NO. The molecule has 84 valence electrons. The van der Waals surface area contributed by atoms with Crippen LogP contribution in [-0.4, -0.2) is 24.4 Å². The number of hydrogen-bond acceptors (Lipinski definition) is 1. The topological polar surface area (TPSA) is 20.3 Å². The molecule has 0 saturated carbocycles. The number of carbonyl (C=O) groups is 1. The van der Waals surface area contributed by atoms with E-state index in [4.69, 9.17) is 0 Å². The minimum absolute atomic E-state index is 0.314. The first-order chi connectivity index (χ1) is 6.72. The van der Waals surface area contributed by atoms with E-state index in [1.807, 2.05) is 11.9 Å². The number of hydrogen-bond donors (Lipinski definition) is 0. The highest BCUT2D eigenvalue weighted by atomic mass is 16.2. The first-order valence-corrected chi connectivity index (χ1v) is 5.96. The van der Waals surface area contributed by atoms with Gasteiger partial charge in [0.25, 0.3) is 0 Å². The Labute approximate surface area is 88.7 Å². The lowest BCUT2D eigenvalue weighted by Crippen LogP contribution is -2.27. The van der Waals surface area contributed by atoms with Gasteiger partial charge in [-0.15, -0.1) is 0 Å². The minimum atomic E-state index is 0.314. The molecule has 0 bridgehead atoms. The van der Waals surface area contributed by atoms with Crippen molar-refractivity contribution in [1.29, 1.82) is 0 Å². The van der Waals surface area contributed by atoms with E-state index in [1.54, 1.807) is 0 Å². The van der Waals surface area contributed by atoms with Crippen LogP contribution in [0.3, 0.4) is 0 Å². The highest BCUT2D eigenvalue weighted by Gasteiger charge is 2.06. The van der Waals surface area contributed by atoms with Gasteiger partial charge in [0.2, 0.25) is 5.91 Å². The van der Waals surface area contributed by atoms with Crippen LogP contribution in [0.5, 0.6) is 0 Å². The van der Waals surface area contributed by atoms with Gasteiger partial charge in [0.05, 0.1) is 0 Å². The summed E-state index contributed by atoms with van der Waals surface area (Å²) >= 11 is 0. The summed E-state index contributed by atoms with van der Waals surface area (Å²) in [5, 5.41) is 0. The normalized spacial score (nSPS) is 10.2. The highest BCUT2D eigenvalue weighted by Crippen LogP contribution is 2.04. The average molecular weight is 199 g/mol. The van der Waals surface area contributed by atoms with Crippen molar-refractivity contribution < 1.29 is 4.79 Å². The van der Waals surface area contributed by atoms with Gasteiger partial charge >= 0.3 is 0 Å². The van der Waals surface area contributed by atoms with E-state index >= 15 is 0 Å². The van der Waals surface area contributed by atoms with Crippen molar-refractivity contribution in [2.75, 3.05) is 13.6 Å². The summed E-state index contributed by atoms with van der Waals surface area (Å²) in [6, 6.07) is 0. The number of amides is 1. The van der Waals surface area contributed by atoms with Gasteiger partial charge in [-0.05, 0) is 12.8 Å². The second-order valence-corrected chi connectivity index (χ2v) is 3.98. The molecule has 1 amide bonds. The van der Waals surface area contributed by atoms with E-state index in [9.17, 15) is 4.79 Å². The van der Waals surface area contributed by atoms with Crippen LogP contribution in [0, 0.1) is 0 Å². The molecular weight excluding hydrogens is 174 g/mol. The van der Waals surface area contributed by atoms with E-state index in [0.717, 1.165) is 32.2 Å². The standard InChI is InChI=1S/C12H25NO/c1-4-6-8-9-10-12(14)13(3)11-7-5-2/h4-11H2,1-3H3. The fourth-order valence-corrected chi connectivity index (χ4v) is 1.41. The first kappa shape index (κ1) is 13.5. The second-order valence-electron chi connectivity index (χ2n) is 3.98. The summed E-state index contributed by atoms with van der Waals surface area (Å²) < 4.78 is 0. The molecule has 0 aliphatic carbocycles. The lowest BCUT2D eigenvalue weighted by atomic mass is 10.1. The van der Waals surface area contributed by atoms with Gasteiger partial charge in [0.1, 0.15) is 0 Å². The maximum Gasteiger partial charge on any atom is 0.222 e. The number of carbonyl (C=O) groups excluding carboxylic acids is 1. The zero-order chi connectivity index (χ0) is 10.8. The van der Waals surface area contributed by atoms with Crippen LogP contribution in [0.15, 0.2) is 0 Å². The van der Waals surface area contributed by atoms with Crippen LogP contribution >= 0.6 is 0 Å². The predicted molar refractivity (Wildman–Crippen MR) is 61.3 cm³/mol. The molecule has 0 atom stereocenters. The Morgan fingerprint density at radius 1 is 1.00 bits per heavy atom. The molecule has 0 aliphatic rings. The van der Waals surface area contributed by atoms with Crippen molar-refractivity contribution >= 4 is 5.91 Å². The third-order valence-electron chi connectivity index (χ3n) is 2.52. The summed E-state index contributed by atoms with van der Waals surface area (Å²) in [5.41, 5.74) is 0. The van der Waals surface area contributed by atoms with Gasteiger partial charge in [0.15, 0.2) is 0 Å². The summed E-state index contributed by atoms with van der Waals surface area (Å²) in [4.78, 5) is 13.4. The monoisotopic (exact) mass is 199 g/mol. The maximum absolute atomic E-state index is 11.5. The molecule has 0 unspecified atom stereocenters. The van der Waals surface area contributed by atoms with E-state index < -0.39 is 0 Å². The van der Waals surface area contributed by atoms with Crippen LogP contribution in [0.2, 0.25) is 0 Å². The van der Waals surface area contributed by atoms with Crippen molar-refractivity contribution in [2.24, 2.45) is 0 Å². The highest BCUT2D eigenvalue weighted by molar-refractivity contribution is 5.75. The van der Waals surface area contributed by atoms with Gasteiger partial charge in [-0.3, -0.25) is 4.79 Å². The van der Waals surface area contributed by atoms with Gasteiger partial charge in [-0.2, -0.15) is 0 Å². The SMILES string of the molecule is CCCCCCC(=O)N(C)CCCC. The summed E-state index contributed by atoms with van der Waals surface area (Å²) in [5.74, 6) is 0.314. The van der Waals surface area contributed by atoms with Gasteiger partial charge < -0.3 is 4.90 Å². The Balaban J connectivity index is 3.42. The van der Waals surface area contributed by atoms with E-state index in [1.165, 1.54) is 19.3 Å². The van der Waals surface area contributed by atoms with Crippen LogP contribution in [0.25, 0.3) is 0 Å². The fourth-order valence-electron chi connectivity index (χ4n) is 1.41. The van der Waals surface area contributed by atoms with E-state index in [2.05, 4.69) is 13.8 Å². The summed E-state index contributed by atoms with van der Waals surface area (Å²) in [6.45, 7) is 5.26. The molecule has 0 heterocycles. The third kappa shape index (κ3) is 6.93. The van der Waals surface area contributed by atoms with Crippen LogP contribution < -0.4 is 0 Å². The molecule has 0 radical (unpaired) electrons. The number of nitrogens with zero attached hydrogens (tertiary/aromatic N) is 1. The van der Waals surface area contributed by atoms with E-state index in [-0.39, 0.29) is 0 Å². The van der Waals surface area contributed by atoms with Crippen molar-refractivity contribution in [1.82, 2.24) is 4.90 Å². The van der Waals surface area contributed by atoms with Crippen LogP contribution in [0.1, 0.15) is 58.8 Å². The van der Waals surface area contributed by atoms with E-state index in [0.29, 0.717) is 5.91 Å². The van der Waals surface area contributed by atoms with Gasteiger partial charge in [-0.1, -0.05) is 39.5 Å². The van der Waals surface area contributed by atoms with Crippen molar-refractivity contribution in [2.45, 2.75) is 58.8 Å². The lowest BCUT2D eigenvalue weighted by molar-refractivity contribution is -0.130. The molecule has 0 N–H and O–H groups in total. The molecule has 0 fully saturated rings. The molecule has 2 heteroatoms.